The molecule has 0 saturated carbocycles. The van der Waals surface area contributed by atoms with Crippen molar-refractivity contribution in [3.8, 4) is 0 Å². The van der Waals surface area contributed by atoms with E-state index in [0.717, 1.165) is 11.1 Å². The van der Waals surface area contributed by atoms with Gasteiger partial charge in [0, 0.05) is 51.0 Å². The molecule has 8 heteroatoms. The summed E-state index contributed by atoms with van der Waals surface area (Å²) in [7, 11) is 0. The summed E-state index contributed by atoms with van der Waals surface area (Å²) in [6, 6.07) is 14.9. The van der Waals surface area contributed by atoms with E-state index in [4.69, 9.17) is 0 Å². The van der Waals surface area contributed by atoms with E-state index in [1.807, 2.05) is 41.3 Å². The minimum atomic E-state index is -0.270. The van der Waals surface area contributed by atoms with Crippen LogP contribution < -0.4 is 4.90 Å². The first-order valence-electron chi connectivity index (χ1n) is 10.5. The third-order valence-corrected chi connectivity index (χ3v) is 5.70. The Morgan fingerprint density at radius 1 is 0.750 bits per heavy atom. The quantitative estimate of drug-likeness (QED) is 0.577. The number of hydrogen-bond acceptors (Lipinski definition) is 7. The van der Waals surface area contributed by atoms with Crippen molar-refractivity contribution in [1.29, 1.82) is 0 Å². The molecule has 1 fully saturated rings. The second-order valence-corrected chi connectivity index (χ2v) is 7.67. The maximum absolute atomic E-state index is 13.5. The number of carbonyl (C=O) groups excluding carboxylic acids is 2. The number of piperazine rings is 1. The summed E-state index contributed by atoms with van der Waals surface area (Å²) in [5.74, 6) is 0.146. The smallest absolute Gasteiger partial charge is 0.278 e. The van der Waals surface area contributed by atoms with Crippen LogP contribution in [0.25, 0.3) is 5.57 Å². The summed E-state index contributed by atoms with van der Waals surface area (Å²) in [6.45, 7) is 2.73. The first-order chi connectivity index (χ1) is 15.7. The summed E-state index contributed by atoms with van der Waals surface area (Å²) in [6.07, 6.45) is 6.80. The minimum Gasteiger partial charge on any atom is -0.363 e. The van der Waals surface area contributed by atoms with Crippen molar-refractivity contribution in [1.82, 2.24) is 24.8 Å². The average Bonchev–Trinajstić information content (AvgIpc) is 3.10. The summed E-state index contributed by atoms with van der Waals surface area (Å²) in [4.78, 5) is 45.1. The van der Waals surface area contributed by atoms with Gasteiger partial charge in [0.05, 0.1) is 12.1 Å². The van der Waals surface area contributed by atoms with Crippen molar-refractivity contribution >= 4 is 23.3 Å². The number of hydrogen-bond donors (Lipinski definition) is 0. The van der Waals surface area contributed by atoms with Gasteiger partial charge in [0.25, 0.3) is 11.8 Å². The fourth-order valence-corrected chi connectivity index (χ4v) is 4.12. The number of pyridine rings is 1. The van der Waals surface area contributed by atoms with Gasteiger partial charge < -0.3 is 9.80 Å². The lowest BCUT2D eigenvalue weighted by molar-refractivity contribution is -0.138. The molecule has 4 heterocycles. The predicted octanol–water partition coefficient (Wildman–Crippen LogP) is 1.97. The van der Waals surface area contributed by atoms with Crippen molar-refractivity contribution in [2.24, 2.45) is 0 Å². The first kappa shape index (κ1) is 19.9. The highest BCUT2D eigenvalue weighted by Gasteiger charge is 2.42. The van der Waals surface area contributed by atoms with E-state index in [0.29, 0.717) is 43.4 Å². The number of aromatic nitrogens is 3. The molecule has 0 aliphatic carbocycles. The van der Waals surface area contributed by atoms with Gasteiger partial charge in [-0.15, -0.1) is 0 Å². The molecule has 32 heavy (non-hydrogen) atoms. The van der Waals surface area contributed by atoms with Crippen LogP contribution >= 0.6 is 0 Å². The number of amides is 2. The van der Waals surface area contributed by atoms with E-state index in [2.05, 4.69) is 19.9 Å². The molecule has 1 aromatic carbocycles. The van der Waals surface area contributed by atoms with E-state index in [1.165, 1.54) is 4.90 Å². The fraction of sp³-hybridized carbons (Fsp3) is 0.208. The topological polar surface area (TPSA) is 82.5 Å². The van der Waals surface area contributed by atoms with Crippen LogP contribution in [-0.4, -0.2) is 62.7 Å². The van der Waals surface area contributed by atoms with E-state index in [1.54, 1.807) is 36.9 Å². The maximum atomic E-state index is 13.5. The van der Waals surface area contributed by atoms with Crippen LogP contribution in [0, 0.1) is 0 Å². The Bertz CT molecular complexity index is 1140. The molecule has 2 amide bonds. The number of anilines is 1. The van der Waals surface area contributed by atoms with Gasteiger partial charge in [0.2, 0.25) is 5.95 Å². The highest BCUT2D eigenvalue weighted by atomic mass is 16.2. The molecule has 0 spiro atoms. The summed E-state index contributed by atoms with van der Waals surface area (Å²) < 4.78 is 0. The van der Waals surface area contributed by atoms with Crippen molar-refractivity contribution in [3.63, 3.8) is 0 Å². The number of nitrogens with zero attached hydrogens (tertiary/aromatic N) is 6. The fourth-order valence-electron chi connectivity index (χ4n) is 4.12. The number of benzene rings is 1. The SMILES string of the molecule is O=C1C(c2ccccc2)=C(N2CCN(c3ncccn3)CC2)C(=O)N1Cc1cccnc1. The number of rotatable bonds is 5. The van der Waals surface area contributed by atoms with E-state index in [-0.39, 0.29) is 18.4 Å². The summed E-state index contributed by atoms with van der Waals surface area (Å²) in [5.41, 5.74) is 2.50. The first-order valence-corrected chi connectivity index (χ1v) is 10.5. The molecule has 8 nitrogen and oxygen atoms in total. The molecule has 2 aliphatic heterocycles. The van der Waals surface area contributed by atoms with Crippen LogP contribution in [0.1, 0.15) is 11.1 Å². The lowest BCUT2D eigenvalue weighted by Gasteiger charge is -2.36. The molecule has 0 N–H and O–H groups in total. The Kier molecular flexibility index (Phi) is 5.33. The highest BCUT2D eigenvalue weighted by molar-refractivity contribution is 6.35. The monoisotopic (exact) mass is 426 g/mol. The van der Waals surface area contributed by atoms with Gasteiger partial charge in [0.15, 0.2) is 0 Å². The average molecular weight is 426 g/mol. The minimum absolute atomic E-state index is 0.198. The molecular weight excluding hydrogens is 404 g/mol. The molecule has 0 bridgehead atoms. The molecule has 3 aromatic rings. The van der Waals surface area contributed by atoms with Gasteiger partial charge in [-0.25, -0.2) is 9.97 Å². The molecule has 5 rings (SSSR count). The second kappa shape index (κ2) is 8.58. The molecule has 0 radical (unpaired) electrons. The normalized spacial score (nSPS) is 16.8. The van der Waals surface area contributed by atoms with Crippen LogP contribution in [0.2, 0.25) is 0 Å². The lowest BCUT2D eigenvalue weighted by atomic mass is 10.0. The second-order valence-electron chi connectivity index (χ2n) is 7.67. The van der Waals surface area contributed by atoms with E-state index < -0.39 is 0 Å². The van der Waals surface area contributed by atoms with Gasteiger partial charge in [-0.1, -0.05) is 36.4 Å². The maximum Gasteiger partial charge on any atom is 0.278 e. The molecule has 160 valence electrons. The summed E-state index contributed by atoms with van der Waals surface area (Å²) >= 11 is 0. The molecule has 2 aromatic heterocycles. The highest BCUT2D eigenvalue weighted by Crippen LogP contribution is 2.33. The van der Waals surface area contributed by atoms with Crippen LogP contribution in [0.5, 0.6) is 0 Å². The number of carbonyl (C=O) groups is 2. The molecule has 0 atom stereocenters. The Balaban J connectivity index is 1.44. The van der Waals surface area contributed by atoms with Crippen molar-refractivity contribution < 1.29 is 9.59 Å². The largest absolute Gasteiger partial charge is 0.363 e. The van der Waals surface area contributed by atoms with Gasteiger partial charge in [-0.05, 0) is 23.3 Å². The van der Waals surface area contributed by atoms with Crippen LogP contribution in [0.4, 0.5) is 5.95 Å². The lowest BCUT2D eigenvalue weighted by Crippen LogP contribution is -2.48. The van der Waals surface area contributed by atoms with Crippen molar-refractivity contribution in [3.05, 3.63) is 90.1 Å². The Morgan fingerprint density at radius 3 is 2.16 bits per heavy atom. The van der Waals surface area contributed by atoms with Crippen molar-refractivity contribution in [2.75, 3.05) is 31.1 Å². The zero-order valence-electron chi connectivity index (χ0n) is 17.5. The van der Waals surface area contributed by atoms with Gasteiger partial charge in [0.1, 0.15) is 5.70 Å². The number of imide groups is 1. The Labute approximate surface area is 185 Å². The standard InChI is InChI=1S/C24H22N6O2/c31-22-20(19-7-2-1-3-8-19)21(23(32)30(22)17-18-6-4-9-25-16-18)28-12-14-29(15-13-28)24-26-10-5-11-27-24/h1-11,16H,12-15,17H2. The third-order valence-electron chi connectivity index (χ3n) is 5.70. The van der Waals surface area contributed by atoms with Gasteiger partial charge in [-0.3, -0.25) is 19.5 Å². The van der Waals surface area contributed by atoms with Crippen LogP contribution in [0.15, 0.2) is 79.0 Å². The Morgan fingerprint density at radius 2 is 1.47 bits per heavy atom. The molecular formula is C24H22N6O2. The predicted molar refractivity (Wildman–Crippen MR) is 119 cm³/mol. The van der Waals surface area contributed by atoms with E-state index in [9.17, 15) is 9.59 Å². The summed E-state index contributed by atoms with van der Waals surface area (Å²) in [5, 5.41) is 0. The van der Waals surface area contributed by atoms with Gasteiger partial charge in [-0.2, -0.15) is 0 Å². The van der Waals surface area contributed by atoms with Gasteiger partial charge >= 0.3 is 0 Å². The third kappa shape index (κ3) is 3.71. The Hall–Kier alpha value is -4.07. The zero-order valence-corrected chi connectivity index (χ0v) is 17.5. The molecule has 2 aliphatic rings. The van der Waals surface area contributed by atoms with Crippen molar-refractivity contribution in [2.45, 2.75) is 6.54 Å². The molecule has 1 saturated heterocycles. The zero-order chi connectivity index (χ0) is 21.9. The molecule has 0 unspecified atom stereocenters. The van der Waals surface area contributed by atoms with Crippen LogP contribution in [0.3, 0.4) is 0 Å². The van der Waals surface area contributed by atoms with Crippen LogP contribution in [-0.2, 0) is 16.1 Å². The van der Waals surface area contributed by atoms with E-state index >= 15 is 0 Å².